The standard InChI is InChI=1S/C21H32N2O3S2/c1-15-7-9-17(10-8-15)23(16-5-3-2-4-6-16)19(24)13-18-22-14-21(28-18)27-12-11-20(25)26/h14-17H,2-13H2,1H3,(H,25,26). The lowest BCUT2D eigenvalue weighted by Crippen LogP contribution is -2.49. The fourth-order valence-electron chi connectivity index (χ4n) is 4.49. The third-order valence-corrected chi connectivity index (χ3v) is 8.22. The Hall–Kier alpha value is -1.08. The number of amides is 1. The smallest absolute Gasteiger partial charge is 0.304 e. The average Bonchev–Trinajstić information content (AvgIpc) is 3.11. The van der Waals surface area contributed by atoms with Crippen LogP contribution in [0.25, 0.3) is 0 Å². The Morgan fingerprint density at radius 3 is 2.50 bits per heavy atom. The minimum absolute atomic E-state index is 0.145. The van der Waals surface area contributed by atoms with Gasteiger partial charge in [0.1, 0.15) is 5.01 Å². The summed E-state index contributed by atoms with van der Waals surface area (Å²) in [6.07, 6.45) is 13.1. The summed E-state index contributed by atoms with van der Waals surface area (Å²) < 4.78 is 1.000. The van der Waals surface area contributed by atoms with E-state index < -0.39 is 5.97 Å². The number of carboxylic acid groups (broad SMARTS) is 1. The van der Waals surface area contributed by atoms with Gasteiger partial charge in [-0.05, 0) is 44.4 Å². The number of aliphatic carboxylic acids is 1. The first-order chi connectivity index (χ1) is 13.5. The quantitative estimate of drug-likeness (QED) is 0.595. The molecule has 28 heavy (non-hydrogen) atoms. The molecule has 5 nitrogen and oxygen atoms in total. The van der Waals surface area contributed by atoms with E-state index in [0.717, 1.165) is 40.8 Å². The van der Waals surface area contributed by atoms with E-state index in [-0.39, 0.29) is 12.3 Å². The van der Waals surface area contributed by atoms with E-state index in [4.69, 9.17) is 5.11 Å². The van der Waals surface area contributed by atoms with Crippen molar-refractivity contribution in [2.24, 2.45) is 5.92 Å². The molecule has 2 aliphatic rings. The van der Waals surface area contributed by atoms with Gasteiger partial charge in [-0.2, -0.15) is 0 Å². The van der Waals surface area contributed by atoms with Gasteiger partial charge in [0.05, 0.1) is 23.2 Å². The van der Waals surface area contributed by atoms with Crippen LogP contribution in [0.15, 0.2) is 10.4 Å². The van der Waals surface area contributed by atoms with Gasteiger partial charge in [0.25, 0.3) is 0 Å². The zero-order chi connectivity index (χ0) is 19.9. The summed E-state index contributed by atoms with van der Waals surface area (Å²) >= 11 is 3.05. The summed E-state index contributed by atoms with van der Waals surface area (Å²) in [6, 6.07) is 0.806. The highest BCUT2D eigenvalue weighted by Crippen LogP contribution is 2.33. The number of thioether (sulfide) groups is 1. The molecule has 7 heteroatoms. The van der Waals surface area contributed by atoms with Gasteiger partial charge in [-0.1, -0.05) is 26.2 Å². The second-order valence-corrected chi connectivity index (χ2v) is 10.8. The van der Waals surface area contributed by atoms with E-state index in [1.807, 2.05) is 0 Å². The summed E-state index contributed by atoms with van der Waals surface area (Å²) in [4.78, 5) is 30.7. The Labute approximate surface area is 176 Å². The van der Waals surface area contributed by atoms with E-state index in [1.54, 1.807) is 6.20 Å². The number of carbonyl (C=O) groups excluding carboxylic acids is 1. The number of carboxylic acids is 1. The van der Waals surface area contributed by atoms with Crippen molar-refractivity contribution < 1.29 is 14.7 Å². The molecule has 0 unspecified atom stereocenters. The molecule has 2 fully saturated rings. The van der Waals surface area contributed by atoms with Gasteiger partial charge < -0.3 is 10.0 Å². The maximum atomic E-state index is 13.3. The molecule has 0 bridgehead atoms. The largest absolute Gasteiger partial charge is 0.481 e. The van der Waals surface area contributed by atoms with Gasteiger partial charge in [0.2, 0.25) is 5.91 Å². The molecule has 3 rings (SSSR count). The number of aromatic nitrogens is 1. The van der Waals surface area contributed by atoms with Crippen molar-refractivity contribution in [3.05, 3.63) is 11.2 Å². The van der Waals surface area contributed by atoms with Crippen molar-refractivity contribution in [1.29, 1.82) is 0 Å². The van der Waals surface area contributed by atoms with Crippen LogP contribution in [-0.4, -0.2) is 44.7 Å². The molecule has 0 aromatic carbocycles. The van der Waals surface area contributed by atoms with Gasteiger partial charge >= 0.3 is 5.97 Å². The molecule has 2 aliphatic carbocycles. The van der Waals surface area contributed by atoms with Crippen LogP contribution in [0.5, 0.6) is 0 Å². The van der Waals surface area contributed by atoms with Gasteiger partial charge in [0, 0.05) is 17.8 Å². The Morgan fingerprint density at radius 2 is 1.82 bits per heavy atom. The Bertz CT molecular complexity index is 650. The van der Waals surface area contributed by atoms with Crippen LogP contribution in [-0.2, 0) is 16.0 Å². The number of hydrogen-bond acceptors (Lipinski definition) is 5. The summed E-state index contributed by atoms with van der Waals surface area (Å²) in [5.41, 5.74) is 0. The second-order valence-electron chi connectivity index (χ2n) is 8.25. The number of hydrogen-bond donors (Lipinski definition) is 1. The van der Waals surface area contributed by atoms with E-state index in [0.29, 0.717) is 24.3 Å². The first kappa shape index (κ1) is 21.6. The molecule has 0 aliphatic heterocycles. The first-order valence-electron chi connectivity index (χ1n) is 10.6. The van der Waals surface area contributed by atoms with Crippen LogP contribution in [0.1, 0.15) is 76.1 Å². The fourth-order valence-corrected chi connectivity index (χ4v) is 6.50. The molecule has 0 spiro atoms. The van der Waals surface area contributed by atoms with Crippen LogP contribution in [0, 0.1) is 5.92 Å². The zero-order valence-electron chi connectivity index (χ0n) is 16.8. The third kappa shape index (κ3) is 6.21. The van der Waals surface area contributed by atoms with Crippen LogP contribution in [0.2, 0.25) is 0 Å². The van der Waals surface area contributed by atoms with Gasteiger partial charge in [-0.3, -0.25) is 9.59 Å². The molecule has 0 radical (unpaired) electrons. The van der Waals surface area contributed by atoms with Gasteiger partial charge in [-0.15, -0.1) is 23.1 Å². The molecule has 0 atom stereocenters. The molecule has 1 heterocycles. The molecule has 2 saturated carbocycles. The Balaban J connectivity index is 1.62. The summed E-state index contributed by atoms with van der Waals surface area (Å²) in [6.45, 7) is 2.32. The molecular formula is C21H32N2O3S2. The highest BCUT2D eigenvalue weighted by molar-refractivity contribution is 8.01. The molecule has 1 amide bonds. The van der Waals surface area contributed by atoms with Crippen molar-refractivity contribution in [1.82, 2.24) is 9.88 Å². The van der Waals surface area contributed by atoms with Crippen LogP contribution in [0.3, 0.4) is 0 Å². The molecule has 156 valence electrons. The minimum Gasteiger partial charge on any atom is -0.481 e. The number of thiazole rings is 1. The third-order valence-electron chi connectivity index (χ3n) is 6.03. The zero-order valence-corrected chi connectivity index (χ0v) is 18.4. The second kappa shape index (κ2) is 10.6. The van der Waals surface area contributed by atoms with E-state index in [1.165, 1.54) is 55.2 Å². The highest BCUT2D eigenvalue weighted by atomic mass is 32.2. The van der Waals surface area contributed by atoms with Gasteiger partial charge in [0.15, 0.2) is 0 Å². The Kier molecular flexibility index (Phi) is 8.21. The van der Waals surface area contributed by atoms with E-state index in [9.17, 15) is 9.59 Å². The first-order valence-corrected chi connectivity index (χ1v) is 12.4. The lowest BCUT2D eigenvalue weighted by Gasteiger charge is -2.42. The van der Waals surface area contributed by atoms with Crippen LogP contribution in [0.4, 0.5) is 0 Å². The van der Waals surface area contributed by atoms with Crippen LogP contribution < -0.4 is 0 Å². The summed E-state index contributed by atoms with van der Waals surface area (Å²) in [5.74, 6) is 0.781. The SMILES string of the molecule is CC1CCC(N(C(=O)Cc2ncc(SCCC(=O)O)s2)C2CCCCC2)CC1. The van der Waals surface area contributed by atoms with Gasteiger partial charge in [-0.25, -0.2) is 4.98 Å². The summed E-state index contributed by atoms with van der Waals surface area (Å²) in [7, 11) is 0. The highest BCUT2D eigenvalue weighted by Gasteiger charge is 2.33. The maximum absolute atomic E-state index is 13.3. The number of carbonyl (C=O) groups is 2. The average molecular weight is 425 g/mol. The van der Waals surface area contributed by atoms with Crippen LogP contribution >= 0.6 is 23.1 Å². The van der Waals surface area contributed by atoms with Crippen molar-refractivity contribution in [3.8, 4) is 0 Å². The normalized spacial score (nSPS) is 23.5. The van der Waals surface area contributed by atoms with E-state index in [2.05, 4.69) is 16.8 Å². The lowest BCUT2D eigenvalue weighted by molar-refractivity contribution is -0.138. The fraction of sp³-hybridized carbons (Fsp3) is 0.762. The monoisotopic (exact) mass is 424 g/mol. The van der Waals surface area contributed by atoms with E-state index >= 15 is 0 Å². The Morgan fingerprint density at radius 1 is 1.14 bits per heavy atom. The molecule has 1 aromatic heterocycles. The number of rotatable bonds is 8. The molecule has 1 N–H and O–H groups in total. The summed E-state index contributed by atoms with van der Waals surface area (Å²) in [5, 5.41) is 9.62. The topological polar surface area (TPSA) is 70.5 Å². The van der Waals surface area contributed by atoms with Crippen molar-refractivity contribution in [2.75, 3.05) is 5.75 Å². The maximum Gasteiger partial charge on any atom is 0.304 e. The molecule has 1 aromatic rings. The molecular weight excluding hydrogens is 392 g/mol. The minimum atomic E-state index is -0.780. The van der Waals surface area contributed by atoms with Crippen molar-refractivity contribution in [2.45, 2.75) is 93.8 Å². The predicted molar refractivity (Wildman–Crippen MR) is 114 cm³/mol. The van der Waals surface area contributed by atoms with Crippen molar-refractivity contribution in [3.63, 3.8) is 0 Å². The molecule has 0 saturated heterocycles. The van der Waals surface area contributed by atoms with Crippen molar-refractivity contribution >= 4 is 35.0 Å². The number of nitrogens with zero attached hydrogens (tertiary/aromatic N) is 2. The predicted octanol–water partition coefficient (Wildman–Crippen LogP) is 4.99. The lowest BCUT2D eigenvalue weighted by atomic mass is 9.84.